The highest BCUT2D eigenvalue weighted by atomic mass is 35.5. The van der Waals surface area contributed by atoms with Crippen LogP contribution in [0.4, 0.5) is 5.69 Å². The van der Waals surface area contributed by atoms with Gasteiger partial charge in [-0.1, -0.05) is 35.5 Å². The Kier molecular flexibility index (Phi) is 4.35. The number of nitrogens with two attached hydrogens (primary N) is 1. The summed E-state index contributed by atoms with van der Waals surface area (Å²) >= 11 is 7.62. The third-order valence-corrected chi connectivity index (χ3v) is 4.08. The first kappa shape index (κ1) is 13.8. The normalized spacial score (nSPS) is 10.2. The number of methoxy groups -OCH3 is 1. The molecule has 0 amide bonds. The Balaban J connectivity index is 2.27. The largest absolute Gasteiger partial charge is 0.465 e. The van der Waals surface area contributed by atoms with Gasteiger partial charge in [0, 0.05) is 15.5 Å². The van der Waals surface area contributed by atoms with E-state index in [1.54, 1.807) is 18.2 Å². The molecule has 0 saturated carbocycles. The lowest BCUT2D eigenvalue weighted by atomic mass is 10.2. The van der Waals surface area contributed by atoms with Gasteiger partial charge in [-0.2, -0.15) is 0 Å². The predicted molar refractivity (Wildman–Crippen MR) is 77.8 cm³/mol. The van der Waals surface area contributed by atoms with Crippen molar-refractivity contribution in [3.8, 4) is 0 Å². The van der Waals surface area contributed by atoms with E-state index in [9.17, 15) is 4.79 Å². The van der Waals surface area contributed by atoms with Crippen molar-refractivity contribution < 1.29 is 9.53 Å². The van der Waals surface area contributed by atoms with Crippen molar-refractivity contribution in [2.45, 2.75) is 9.79 Å². The fraction of sp³-hybridized carbons (Fsp3) is 0.0714. The summed E-state index contributed by atoms with van der Waals surface area (Å²) in [6.07, 6.45) is 0. The summed E-state index contributed by atoms with van der Waals surface area (Å²) in [5.74, 6) is -0.405. The van der Waals surface area contributed by atoms with Crippen LogP contribution in [0.3, 0.4) is 0 Å². The minimum Gasteiger partial charge on any atom is -0.465 e. The second-order valence-corrected chi connectivity index (χ2v) is 5.27. The van der Waals surface area contributed by atoms with E-state index in [2.05, 4.69) is 4.74 Å². The number of rotatable bonds is 3. The quantitative estimate of drug-likeness (QED) is 0.689. The van der Waals surface area contributed by atoms with Crippen LogP contribution in [-0.2, 0) is 4.74 Å². The van der Waals surface area contributed by atoms with Gasteiger partial charge in [0.05, 0.1) is 17.7 Å². The van der Waals surface area contributed by atoms with Crippen molar-refractivity contribution in [1.29, 1.82) is 0 Å². The molecule has 0 saturated heterocycles. The Hall–Kier alpha value is -1.65. The lowest BCUT2D eigenvalue weighted by Crippen LogP contribution is -2.00. The standard InChI is InChI=1S/C14H12ClNO2S/c1-18-14(17)9-6-7-12(10(15)8-9)19-13-5-3-2-4-11(13)16/h2-8H,16H2,1H3. The molecular formula is C14H12ClNO2S. The number of carbonyl (C=O) groups excluding carboxylic acids is 1. The zero-order valence-corrected chi connectivity index (χ0v) is 11.8. The second kappa shape index (κ2) is 5.99. The third-order valence-electron chi connectivity index (χ3n) is 2.49. The van der Waals surface area contributed by atoms with E-state index in [1.807, 2.05) is 24.3 Å². The zero-order chi connectivity index (χ0) is 13.8. The number of esters is 1. The molecule has 19 heavy (non-hydrogen) atoms. The minimum atomic E-state index is -0.405. The van der Waals surface area contributed by atoms with Gasteiger partial charge >= 0.3 is 5.97 Å². The van der Waals surface area contributed by atoms with Crippen molar-refractivity contribution in [1.82, 2.24) is 0 Å². The molecule has 0 aliphatic heterocycles. The summed E-state index contributed by atoms with van der Waals surface area (Å²) in [5, 5.41) is 0.496. The molecule has 0 aliphatic carbocycles. The third kappa shape index (κ3) is 3.22. The van der Waals surface area contributed by atoms with Crippen LogP contribution in [0.5, 0.6) is 0 Å². The lowest BCUT2D eigenvalue weighted by Gasteiger charge is -2.08. The van der Waals surface area contributed by atoms with E-state index in [-0.39, 0.29) is 0 Å². The number of carbonyl (C=O) groups is 1. The van der Waals surface area contributed by atoms with Gasteiger partial charge in [0.25, 0.3) is 0 Å². The molecule has 0 unspecified atom stereocenters. The van der Waals surface area contributed by atoms with E-state index in [4.69, 9.17) is 17.3 Å². The van der Waals surface area contributed by atoms with Crippen molar-refractivity contribution in [2.75, 3.05) is 12.8 Å². The molecule has 3 nitrogen and oxygen atoms in total. The number of halogens is 1. The van der Waals surface area contributed by atoms with Crippen LogP contribution in [0.2, 0.25) is 5.02 Å². The van der Waals surface area contributed by atoms with Gasteiger partial charge in [-0.05, 0) is 30.3 Å². The molecule has 0 aliphatic rings. The van der Waals surface area contributed by atoms with Crippen LogP contribution in [0.15, 0.2) is 52.3 Å². The maximum Gasteiger partial charge on any atom is 0.337 e. The molecule has 2 aromatic rings. The van der Waals surface area contributed by atoms with Crippen LogP contribution in [0.25, 0.3) is 0 Å². The van der Waals surface area contributed by atoms with Gasteiger partial charge in [-0.25, -0.2) is 4.79 Å². The molecule has 0 spiro atoms. The highest BCUT2D eigenvalue weighted by Crippen LogP contribution is 2.36. The first-order valence-corrected chi connectivity index (χ1v) is 6.71. The summed E-state index contributed by atoms with van der Waals surface area (Å²) in [7, 11) is 1.34. The fourth-order valence-corrected chi connectivity index (χ4v) is 2.68. The van der Waals surface area contributed by atoms with Gasteiger partial charge < -0.3 is 10.5 Å². The van der Waals surface area contributed by atoms with E-state index in [1.165, 1.54) is 18.9 Å². The van der Waals surface area contributed by atoms with Crippen LogP contribution in [0, 0.1) is 0 Å². The van der Waals surface area contributed by atoms with Gasteiger partial charge in [0.1, 0.15) is 0 Å². The summed E-state index contributed by atoms with van der Waals surface area (Å²) in [5.41, 5.74) is 7.00. The highest BCUT2D eigenvalue weighted by Gasteiger charge is 2.10. The summed E-state index contributed by atoms with van der Waals surface area (Å²) in [6.45, 7) is 0. The van der Waals surface area contributed by atoms with Gasteiger partial charge in [-0.15, -0.1) is 0 Å². The number of anilines is 1. The van der Waals surface area contributed by atoms with Crippen LogP contribution in [-0.4, -0.2) is 13.1 Å². The molecule has 98 valence electrons. The van der Waals surface area contributed by atoms with Gasteiger partial charge in [-0.3, -0.25) is 0 Å². The second-order valence-electron chi connectivity index (χ2n) is 3.78. The lowest BCUT2D eigenvalue weighted by molar-refractivity contribution is 0.0600. The van der Waals surface area contributed by atoms with E-state index in [0.29, 0.717) is 16.3 Å². The number of nitrogen functional groups attached to an aromatic ring is 1. The van der Waals surface area contributed by atoms with Crippen molar-refractivity contribution in [3.05, 3.63) is 53.1 Å². The average molecular weight is 294 g/mol. The molecule has 2 rings (SSSR count). The van der Waals surface area contributed by atoms with E-state index < -0.39 is 5.97 Å². The monoisotopic (exact) mass is 293 g/mol. The molecular weight excluding hydrogens is 282 g/mol. The van der Waals surface area contributed by atoms with Crippen molar-refractivity contribution >= 4 is 35.0 Å². The molecule has 2 N–H and O–H groups in total. The molecule has 2 aromatic carbocycles. The molecule has 0 bridgehead atoms. The van der Waals surface area contributed by atoms with E-state index >= 15 is 0 Å². The maximum atomic E-state index is 11.4. The van der Waals surface area contributed by atoms with Gasteiger partial charge in [0.15, 0.2) is 0 Å². The van der Waals surface area contributed by atoms with Crippen LogP contribution >= 0.6 is 23.4 Å². The summed E-state index contributed by atoms with van der Waals surface area (Å²) in [6, 6.07) is 12.6. The number of para-hydroxylation sites is 1. The first-order chi connectivity index (χ1) is 9.11. The Morgan fingerprint density at radius 1 is 1.21 bits per heavy atom. The first-order valence-electron chi connectivity index (χ1n) is 5.52. The Bertz CT molecular complexity index is 616. The van der Waals surface area contributed by atoms with Crippen molar-refractivity contribution in [2.24, 2.45) is 0 Å². The number of hydrogen-bond donors (Lipinski definition) is 1. The molecule has 0 radical (unpaired) electrons. The number of benzene rings is 2. The summed E-state index contributed by atoms with van der Waals surface area (Å²) < 4.78 is 4.64. The number of ether oxygens (including phenoxy) is 1. The average Bonchev–Trinajstić information content (AvgIpc) is 2.42. The molecule has 5 heteroatoms. The van der Waals surface area contributed by atoms with Gasteiger partial charge in [0.2, 0.25) is 0 Å². The van der Waals surface area contributed by atoms with E-state index in [0.717, 1.165) is 9.79 Å². The molecule has 0 heterocycles. The zero-order valence-electron chi connectivity index (χ0n) is 10.2. The van der Waals surface area contributed by atoms with Crippen molar-refractivity contribution in [3.63, 3.8) is 0 Å². The fourth-order valence-electron chi connectivity index (χ4n) is 1.52. The number of hydrogen-bond acceptors (Lipinski definition) is 4. The Morgan fingerprint density at radius 2 is 1.95 bits per heavy atom. The smallest absolute Gasteiger partial charge is 0.337 e. The summed E-state index contributed by atoms with van der Waals surface area (Å²) in [4.78, 5) is 13.1. The van der Waals surface area contributed by atoms with Crippen LogP contribution < -0.4 is 5.73 Å². The van der Waals surface area contributed by atoms with Crippen LogP contribution in [0.1, 0.15) is 10.4 Å². The molecule has 0 aromatic heterocycles. The molecule has 0 fully saturated rings. The maximum absolute atomic E-state index is 11.4. The minimum absolute atomic E-state index is 0.405. The SMILES string of the molecule is COC(=O)c1ccc(Sc2ccccc2N)c(Cl)c1. The Labute approximate surface area is 120 Å². The molecule has 0 atom stereocenters. The topological polar surface area (TPSA) is 52.3 Å². The Morgan fingerprint density at radius 3 is 2.58 bits per heavy atom. The predicted octanol–water partition coefficient (Wildman–Crippen LogP) is 3.86. The highest BCUT2D eigenvalue weighted by molar-refractivity contribution is 7.99.